The van der Waals surface area contributed by atoms with Gasteiger partial charge >= 0.3 is 5.97 Å². The molecule has 2 heterocycles. The minimum atomic E-state index is -0.827. The van der Waals surface area contributed by atoms with E-state index in [4.69, 9.17) is 9.63 Å². The molecule has 2 rings (SSSR count). The van der Waals surface area contributed by atoms with Gasteiger partial charge in [-0.3, -0.25) is 4.79 Å². The van der Waals surface area contributed by atoms with Crippen LogP contribution in [0.15, 0.2) is 4.52 Å². The summed E-state index contributed by atoms with van der Waals surface area (Å²) in [6.45, 7) is 4.46. The fraction of sp³-hybridized carbons (Fsp3) is 0.727. The van der Waals surface area contributed by atoms with Crippen molar-refractivity contribution < 1.29 is 14.4 Å². The Labute approximate surface area is 124 Å². The highest BCUT2D eigenvalue weighted by atomic mass is 32.2. The molecule has 1 aliphatic rings. The Hall–Kier alpha value is -0.340. The van der Waals surface area contributed by atoms with E-state index in [0.717, 1.165) is 11.6 Å². The number of hydrogen-bond acceptors (Lipinski definition) is 7. The van der Waals surface area contributed by atoms with Gasteiger partial charge in [0.25, 0.3) is 0 Å². The summed E-state index contributed by atoms with van der Waals surface area (Å²) in [5, 5.41) is 14.1. The van der Waals surface area contributed by atoms with Gasteiger partial charge in [-0.25, -0.2) is 0 Å². The van der Waals surface area contributed by atoms with E-state index in [-0.39, 0.29) is 11.0 Å². The van der Waals surface area contributed by atoms with Crippen molar-refractivity contribution in [2.24, 2.45) is 0 Å². The predicted octanol–water partition coefficient (Wildman–Crippen LogP) is 2.69. The maximum atomic E-state index is 10.4. The number of aromatic nitrogens is 2. The highest BCUT2D eigenvalue weighted by Gasteiger charge is 2.29. The van der Waals surface area contributed by atoms with Crippen molar-refractivity contribution in [1.82, 2.24) is 10.1 Å². The molecule has 1 aliphatic heterocycles. The summed E-state index contributed by atoms with van der Waals surface area (Å²) < 4.78 is 5.16. The molecular weight excluding hydrogens is 304 g/mol. The number of carbonyl (C=O) groups is 1. The minimum absolute atomic E-state index is 0.0558. The van der Waals surface area contributed by atoms with Crippen molar-refractivity contribution >= 4 is 41.3 Å². The Morgan fingerprint density at radius 3 is 3.00 bits per heavy atom. The molecule has 0 saturated carbocycles. The molecule has 106 valence electrons. The fourth-order valence-corrected chi connectivity index (χ4v) is 5.00. The summed E-state index contributed by atoms with van der Waals surface area (Å²) in [6.07, 6.45) is 0. The maximum Gasteiger partial charge on any atom is 0.313 e. The highest BCUT2D eigenvalue weighted by Crippen LogP contribution is 2.43. The lowest BCUT2D eigenvalue weighted by atomic mass is 10.3. The summed E-state index contributed by atoms with van der Waals surface area (Å²) in [5.41, 5.74) is 0. The molecule has 0 amide bonds. The van der Waals surface area contributed by atoms with Crippen molar-refractivity contribution in [1.29, 1.82) is 0 Å². The lowest BCUT2D eigenvalue weighted by Crippen LogP contribution is -2.22. The second-order valence-electron chi connectivity index (χ2n) is 4.30. The lowest BCUT2D eigenvalue weighted by molar-refractivity contribution is -0.133. The molecule has 0 radical (unpaired) electrons. The van der Waals surface area contributed by atoms with Crippen LogP contribution >= 0.6 is 35.3 Å². The Bertz CT molecular complexity index is 441. The van der Waals surface area contributed by atoms with Crippen LogP contribution in [0.3, 0.4) is 0 Å². The molecule has 1 fully saturated rings. The molecular formula is C11H16N2O3S3. The molecule has 5 nitrogen and oxygen atoms in total. The molecule has 8 heteroatoms. The molecule has 3 atom stereocenters. The van der Waals surface area contributed by atoms with Gasteiger partial charge in [0.05, 0.1) is 16.8 Å². The van der Waals surface area contributed by atoms with Crippen LogP contribution in [0.25, 0.3) is 0 Å². The van der Waals surface area contributed by atoms with E-state index in [1.807, 2.05) is 23.5 Å². The number of nitrogens with zero attached hydrogens (tertiary/aromatic N) is 2. The van der Waals surface area contributed by atoms with Gasteiger partial charge < -0.3 is 9.63 Å². The Kier molecular flexibility index (Phi) is 5.47. The first-order valence-electron chi connectivity index (χ1n) is 5.95. The summed E-state index contributed by atoms with van der Waals surface area (Å²) in [7, 11) is 0. The molecule has 1 aromatic rings. The maximum absolute atomic E-state index is 10.4. The molecule has 1 aromatic heterocycles. The zero-order chi connectivity index (χ0) is 13.8. The molecule has 19 heavy (non-hydrogen) atoms. The van der Waals surface area contributed by atoms with Crippen molar-refractivity contribution in [3.8, 4) is 0 Å². The third-order valence-electron chi connectivity index (χ3n) is 2.77. The first kappa shape index (κ1) is 15.1. The van der Waals surface area contributed by atoms with E-state index in [0.29, 0.717) is 22.1 Å². The molecule has 0 spiro atoms. The van der Waals surface area contributed by atoms with Gasteiger partial charge in [-0.2, -0.15) is 16.7 Å². The Morgan fingerprint density at radius 2 is 2.32 bits per heavy atom. The normalized spacial score (nSPS) is 27.4. The molecule has 1 N–H and O–H groups in total. The van der Waals surface area contributed by atoms with Crippen LogP contribution in [-0.2, 0) is 10.5 Å². The van der Waals surface area contributed by atoms with Crippen LogP contribution in [0.1, 0.15) is 30.8 Å². The number of carboxylic acids is 1. The first-order valence-corrected chi connectivity index (χ1v) is 9.10. The molecule has 0 bridgehead atoms. The fourth-order valence-electron chi connectivity index (χ4n) is 1.60. The average Bonchev–Trinajstić information content (AvgIpc) is 2.81. The van der Waals surface area contributed by atoms with Gasteiger partial charge in [-0.15, -0.1) is 23.5 Å². The molecule has 3 unspecified atom stereocenters. The number of carboxylic acid groups (broad SMARTS) is 1. The van der Waals surface area contributed by atoms with Crippen molar-refractivity contribution in [3.05, 3.63) is 11.7 Å². The van der Waals surface area contributed by atoms with Gasteiger partial charge in [0, 0.05) is 16.3 Å². The minimum Gasteiger partial charge on any atom is -0.481 e. The summed E-state index contributed by atoms with van der Waals surface area (Å²) in [6, 6.07) is 0. The monoisotopic (exact) mass is 320 g/mol. The predicted molar refractivity (Wildman–Crippen MR) is 79.8 cm³/mol. The van der Waals surface area contributed by atoms with Crippen LogP contribution in [-0.4, -0.2) is 43.2 Å². The quantitative estimate of drug-likeness (QED) is 0.887. The zero-order valence-electron chi connectivity index (χ0n) is 10.7. The Balaban J connectivity index is 1.88. The second-order valence-corrected chi connectivity index (χ2v) is 8.28. The summed E-state index contributed by atoms with van der Waals surface area (Å²) in [4.78, 5) is 14.8. The molecule has 0 aliphatic carbocycles. The summed E-state index contributed by atoms with van der Waals surface area (Å²) in [5.74, 6) is 1.93. The first-order chi connectivity index (χ1) is 9.06. The van der Waals surface area contributed by atoms with Gasteiger partial charge in [0.1, 0.15) is 0 Å². The number of rotatable bonds is 5. The zero-order valence-corrected chi connectivity index (χ0v) is 13.2. The van der Waals surface area contributed by atoms with Crippen LogP contribution in [0.2, 0.25) is 0 Å². The van der Waals surface area contributed by atoms with E-state index in [1.165, 1.54) is 11.8 Å². The third kappa shape index (κ3) is 4.32. The van der Waals surface area contributed by atoms with Gasteiger partial charge in [-0.1, -0.05) is 19.0 Å². The van der Waals surface area contributed by atoms with Crippen molar-refractivity contribution in [2.75, 3.05) is 11.5 Å². The van der Waals surface area contributed by atoms with E-state index in [9.17, 15) is 4.79 Å². The van der Waals surface area contributed by atoms with Crippen LogP contribution < -0.4 is 0 Å². The SMILES string of the molecule is CC1SCC(c2noc(CSCC(=O)O)n2)SC1C. The van der Waals surface area contributed by atoms with E-state index in [1.54, 1.807) is 0 Å². The van der Waals surface area contributed by atoms with E-state index >= 15 is 0 Å². The highest BCUT2D eigenvalue weighted by molar-refractivity contribution is 8.07. The number of thioether (sulfide) groups is 3. The van der Waals surface area contributed by atoms with Gasteiger partial charge in [0.2, 0.25) is 5.89 Å². The molecule has 1 saturated heterocycles. The van der Waals surface area contributed by atoms with E-state index < -0.39 is 5.97 Å². The Morgan fingerprint density at radius 1 is 1.53 bits per heavy atom. The van der Waals surface area contributed by atoms with E-state index in [2.05, 4.69) is 24.0 Å². The summed E-state index contributed by atoms with van der Waals surface area (Å²) >= 11 is 5.09. The van der Waals surface area contributed by atoms with Crippen LogP contribution in [0, 0.1) is 0 Å². The number of hydrogen-bond donors (Lipinski definition) is 1. The van der Waals surface area contributed by atoms with Gasteiger partial charge in [-0.05, 0) is 0 Å². The standard InChI is InChI=1S/C11H16N2O3S3/c1-6-7(2)19-8(3-18-6)11-12-9(16-13-11)4-17-5-10(14)15/h6-8H,3-5H2,1-2H3,(H,14,15). The van der Waals surface area contributed by atoms with Crippen LogP contribution in [0.5, 0.6) is 0 Å². The van der Waals surface area contributed by atoms with Gasteiger partial charge in [0.15, 0.2) is 5.82 Å². The molecule has 0 aromatic carbocycles. The average molecular weight is 320 g/mol. The second kappa shape index (κ2) is 6.90. The smallest absolute Gasteiger partial charge is 0.313 e. The lowest BCUT2D eigenvalue weighted by Gasteiger charge is -2.29. The van der Waals surface area contributed by atoms with Crippen molar-refractivity contribution in [3.63, 3.8) is 0 Å². The largest absolute Gasteiger partial charge is 0.481 e. The van der Waals surface area contributed by atoms with Crippen molar-refractivity contribution in [2.45, 2.75) is 35.4 Å². The van der Waals surface area contributed by atoms with Crippen LogP contribution in [0.4, 0.5) is 0 Å². The third-order valence-corrected chi connectivity index (χ3v) is 7.06. The number of aliphatic carboxylic acids is 1. The topological polar surface area (TPSA) is 76.2 Å².